The molecule has 1 atom stereocenters. The number of sulfonamides is 1. The third-order valence-corrected chi connectivity index (χ3v) is 4.52. The lowest BCUT2D eigenvalue weighted by Gasteiger charge is -2.13. The van der Waals surface area contributed by atoms with Crippen molar-refractivity contribution in [1.82, 2.24) is 4.72 Å². The van der Waals surface area contributed by atoms with Crippen LogP contribution in [0.15, 0.2) is 40.2 Å². The van der Waals surface area contributed by atoms with Crippen molar-refractivity contribution in [2.75, 3.05) is 7.11 Å². The second-order valence-corrected chi connectivity index (χ2v) is 6.41. The van der Waals surface area contributed by atoms with Crippen LogP contribution in [0, 0.1) is 0 Å². The molecule has 1 aromatic carbocycles. The summed E-state index contributed by atoms with van der Waals surface area (Å²) in [5.74, 6) is 0.591. The number of hydrogen-bond donors (Lipinski definition) is 1. The smallest absolute Gasteiger partial charge is 0.240 e. The van der Waals surface area contributed by atoms with Crippen LogP contribution >= 0.6 is 15.9 Å². The Morgan fingerprint density at radius 2 is 2.22 bits per heavy atom. The summed E-state index contributed by atoms with van der Waals surface area (Å²) in [6.07, 6.45) is 2.26. The number of benzene rings is 1. The van der Waals surface area contributed by atoms with E-state index < -0.39 is 10.0 Å². The molecule has 18 heavy (non-hydrogen) atoms. The van der Waals surface area contributed by atoms with Gasteiger partial charge in [0.05, 0.1) is 16.5 Å². The van der Waals surface area contributed by atoms with Gasteiger partial charge in [0, 0.05) is 6.04 Å². The van der Waals surface area contributed by atoms with Crippen molar-refractivity contribution < 1.29 is 13.2 Å². The van der Waals surface area contributed by atoms with E-state index in [2.05, 4.69) is 27.2 Å². The van der Waals surface area contributed by atoms with Gasteiger partial charge in [-0.1, -0.05) is 6.08 Å². The Kier molecular flexibility index (Phi) is 5.37. The number of hydrogen-bond acceptors (Lipinski definition) is 3. The van der Waals surface area contributed by atoms with Crippen LogP contribution in [0.4, 0.5) is 0 Å². The maximum Gasteiger partial charge on any atom is 0.240 e. The van der Waals surface area contributed by atoms with E-state index in [1.807, 2.05) is 0 Å². The molecule has 0 saturated heterocycles. The average Bonchev–Trinajstić information content (AvgIpc) is 2.28. The first-order valence-electron chi connectivity index (χ1n) is 5.37. The normalized spacial score (nSPS) is 13.1. The van der Waals surface area contributed by atoms with E-state index in [0.29, 0.717) is 16.6 Å². The van der Waals surface area contributed by atoms with E-state index in [1.54, 1.807) is 19.1 Å². The monoisotopic (exact) mass is 333 g/mol. The molecule has 1 aromatic rings. The van der Waals surface area contributed by atoms with Crippen molar-refractivity contribution in [2.24, 2.45) is 0 Å². The van der Waals surface area contributed by atoms with Crippen LogP contribution in [-0.2, 0) is 10.0 Å². The van der Waals surface area contributed by atoms with Crippen LogP contribution in [0.2, 0.25) is 0 Å². The molecule has 0 aliphatic rings. The van der Waals surface area contributed by atoms with Gasteiger partial charge in [-0.05, 0) is 47.5 Å². The standard InChI is InChI=1S/C12H16BrNO3S/c1-4-5-9(2)14-18(15,16)10-6-7-12(17-3)11(13)8-10/h4,6-9,14H,1,5H2,2-3H3. The molecule has 0 amide bonds. The molecule has 1 N–H and O–H groups in total. The highest BCUT2D eigenvalue weighted by Gasteiger charge is 2.17. The van der Waals surface area contributed by atoms with Crippen LogP contribution in [0.1, 0.15) is 13.3 Å². The molecule has 0 bridgehead atoms. The lowest BCUT2D eigenvalue weighted by atomic mass is 10.3. The Morgan fingerprint density at radius 1 is 1.56 bits per heavy atom. The van der Waals surface area contributed by atoms with Gasteiger partial charge in [0.1, 0.15) is 5.75 Å². The average molecular weight is 334 g/mol. The lowest BCUT2D eigenvalue weighted by molar-refractivity contribution is 0.411. The summed E-state index contributed by atoms with van der Waals surface area (Å²) in [7, 11) is -1.99. The molecule has 0 aliphatic carbocycles. The van der Waals surface area contributed by atoms with Gasteiger partial charge >= 0.3 is 0 Å². The summed E-state index contributed by atoms with van der Waals surface area (Å²) in [6.45, 7) is 5.37. The van der Waals surface area contributed by atoms with Crippen molar-refractivity contribution in [3.05, 3.63) is 35.3 Å². The first-order chi connectivity index (χ1) is 8.40. The number of rotatable bonds is 6. The molecular weight excluding hydrogens is 318 g/mol. The Morgan fingerprint density at radius 3 is 2.72 bits per heavy atom. The fourth-order valence-corrected chi connectivity index (χ4v) is 3.42. The molecule has 0 fully saturated rings. The quantitative estimate of drug-likeness (QED) is 0.814. The molecule has 0 aromatic heterocycles. The molecule has 0 radical (unpaired) electrons. The molecule has 1 rings (SSSR count). The Hall–Kier alpha value is -0.850. The van der Waals surface area contributed by atoms with E-state index >= 15 is 0 Å². The zero-order chi connectivity index (χ0) is 13.8. The van der Waals surface area contributed by atoms with E-state index in [9.17, 15) is 8.42 Å². The second kappa shape index (κ2) is 6.36. The highest BCUT2D eigenvalue weighted by Crippen LogP contribution is 2.27. The van der Waals surface area contributed by atoms with E-state index in [0.717, 1.165) is 0 Å². The highest BCUT2D eigenvalue weighted by molar-refractivity contribution is 9.10. The predicted octanol–water partition coefficient (Wildman–Crippen LogP) is 2.70. The fourth-order valence-electron chi connectivity index (χ4n) is 1.45. The summed E-state index contributed by atoms with van der Waals surface area (Å²) in [5.41, 5.74) is 0. The first-order valence-corrected chi connectivity index (χ1v) is 7.65. The Labute approximate surface area is 116 Å². The van der Waals surface area contributed by atoms with Crippen molar-refractivity contribution in [3.8, 4) is 5.75 Å². The van der Waals surface area contributed by atoms with Crippen molar-refractivity contribution in [2.45, 2.75) is 24.3 Å². The van der Waals surface area contributed by atoms with Crippen molar-refractivity contribution in [1.29, 1.82) is 0 Å². The van der Waals surface area contributed by atoms with Crippen LogP contribution in [0.25, 0.3) is 0 Å². The molecule has 0 heterocycles. The molecular formula is C12H16BrNO3S. The number of ether oxygens (including phenoxy) is 1. The number of halogens is 1. The van der Waals surface area contributed by atoms with Gasteiger partial charge in [-0.15, -0.1) is 6.58 Å². The molecule has 0 aliphatic heterocycles. The fraction of sp³-hybridized carbons (Fsp3) is 0.333. The molecule has 1 unspecified atom stereocenters. The number of nitrogens with one attached hydrogen (secondary N) is 1. The summed E-state index contributed by atoms with van der Waals surface area (Å²) in [6, 6.07) is 4.44. The van der Waals surface area contributed by atoms with Crippen molar-refractivity contribution in [3.63, 3.8) is 0 Å². The van der Waals surface area contributed by atoms with E-state index in [-0.39, 0.29) is 10.9 Å². The summed E-state index contributed by atoms with van der Waals surface area (Å²) >= 11 is 3.26. The van der Waals surface area contributed by atoms with Gasteiger partial charge in [0.25, 0.3) is 0 Å². The first kappa shape index (κ1) is 15.2. The maximum atomic E-state index is 12.1. The summed E-state index contributed by atoms with van der Waals surface area (Å²) < 4.78 is 32.4. The number of methoxy groups -OCH3 is 1. The Balaban J connectivity index is 2.98. The highest BCUT2D eigenvalue weighted by atomic mass is 79.9. The zero-order valence-corrected chi connectivity index (χ0v) is 12.7. The van der Waals surface area contributed by atoms with Crippen LogP contribution in [-0.4, -0.2) is 21.6 Å². The summed E-state index contributed by atoms with van der Waals surface area (Å²) in [5, 5.41) is 0. The minimum Gasteiger partial charge on any atom is -0.496 e. The van der Waals surface area contributed by atoms with Crippen LogP contribution < -0.4 is 9.46 Å². The molecule has 0 spiro atoms. The van der Waals surface area contributed by atoms with E-state index in [4.69, 9.17) is 4.74 Å². The molecule has 100 valence electrons. The minimum absolute atomic E-state index is 0.187. The third kappa shape index (κ3) is 3.83. The second-order valence-electron chi connectivity index (χ2n) is 3.84. The van der Waals surface area contributed by atoms with Gasteiger partial charge in [-0.25, -0.2) is 13.1 Å². The Bertz CT molecular complexity index is 528. The maximum absolute atomic E-state index is 12.1. The lowest BCUT2D eigenvalue weighted by Crippen LogP contribution is -2.32. The summed E-state index contributed by atoms with van der Waals surface area (Å²) in [4.78, 5) is 0.200. The van der Waals surface area contributed by atoms with Gasteiger partial charge in [0.2, 0.25) is 10.0 Å². The van der Waals surface area contributed by atoms with Gasteiger partial charge in [-0.3, -0.25) is 0 Å². The van der Waals surface area contributed by atoms with Gasteiger partial charge in [-0.2, -0.15) is 0 Å². The van der Waals surface area contributed by atoms with Crippen LogP contribution in [0.5, 0.6) is 5.75 Å². The van der Waals surface area contributed by atoms with Crippen LogP contribution in [0.3, 0.4) is 0 Å². The predicted molar refractivity (Wildman–Crippen MR) is 75.3 cm³/mol. The molecule has 4 nitrogen and oxygen atoms in total. The molecule has 6 heteroatoms. The topological polar surface area (TPSA) is 55.4 Å². The van der Waals surface area contributed by atoms with Gasteiger partial charge in [0.15, 0.2) is 0 Å². The zero-order valence-electron chi connectivity index (χ0n) is 10.3. The minimum atomic E-state index is -3.51. The largest absolute Gasteiger partial charge is 0.496 e. The molecule has 0 saturated carbocycles. The van der Waals surface area contributed by atoms with Crippen molar-refractivity contribution >= 4 is 26.0 Å². The SMILES string of the molecule is C=CCC(C)NS(=O)(=O)c1ccc(OC)c(Br)c1. The van der Waals surface area contributed by atoms with E-state index in [1.165, 1.54) is 19.2 Å². The third-order valence-electron chi connectivity index (χ3n) is 2.31. The van der Waals surface area contributed by atoms with Gasteiger partial charge < -0.3 is 4.74 Å².